The number of rotatable bonds is 5. The molecule has 1 aromatic rings. The van der Waals surface area contributed by atoms with E-state index < -0.39 is 9.84 Å². The Hall–Kier alpha value is -0.430. The van der Waals surface area contributed by atoms with Crippen molar-refractivity contribution >= 4 is 21.2 Å². The van der Waals surface area contributed by atoms with Crippen LogP contribution in [-0.4, -0.2) is 40.5 Å². The van der Waals surface area contributed by atoms with Gasteiger partial charge in [0.05, 0.1) is 12.4 Å². The summed E-state index contributed by atoms with van der Waals surface area (Å²) in [6.07, 6.45) is 0.936. The summed E-state index contributed by atoms with van der Waals surface area (Å²) in [5, 5.41) is 4.90. The molecule has 17 heavy (non-hydrogen) atoms. The summed E-state index contributed by atoms with van der Waals surface area (Å²) >= 11 is 1.28. The molecule has 0 bridgehead atoms. The zero-order chi connectivity index (χ0) is 12.3. The second-order valence-electron chi connectivity index (χ2n) is 4.23. The van der Waals surface area contributed by atoms with Gasteiger partial charge >= 0.3 is 0 Å². The molecule has 2 unspecified atom stereocenters. The summed E-state index contributed by atoms with van der Waals surface area (Å²) in [6.45, 7) is 1.40. The molecule has 0 radical (unpaired) electrons. The molecule has 1 aromatic heterocycles. The summed E-state index contributed by atoms with van der Waals surface area (Å²) < 4.78 is 30.1. The molecular formula is C11H17NO3S2. The molecule has 2 rings (SSSR count). The van der Waals surface area contributed by atoms with Crippen LogP contribution in [0, 0.1) is 5.92 Å². The van der Waals surface area contributed by atoms with Crippen LogP contribution in [0.1, 0.15) is 6.42 Å². The summed E-state index contributed by atoms with van der Waals surface area (Å²) in [6, 6.07) is 3.41. The van der Waals surface area contributed by atoms with E-state index in [0.29, 0.717) is 16.7 Å². The van der Waals surface area contributed by atoms with Gasteiger partial charge in [-0.1, -0.05) is 6.07 Å². The lowest BCUT2D eigenvalue weighted by Crippen LogP contribution is -2.39. The van der Waals surface area contributed by atoms with Gasteiger partial charge in [0.15, 0.2) is 9.84 Å². The molecular weight excluding hydrogens is 258 g/mol. The van der Waals surface area contributed by atoms with Crippen LogP contribution in [-0.2, 0) is 14.6 Å². The molecule has 1 saturated heterocycles. The van der Waals surface area contributed by atoms with Crippen LogP contribution in [0.25, 0.3) is 0 Å². The monoisotopic (exact) mass is 275 g/mol. The minimum absolute atomic E-state index is 0.0235. The summed E-state index contributed by atoms with van der Waals surface area (Å²) in [5.74, 6) is 0.452. The van der Waals surface area contributed by atoms with E-state index in [1.165, 1.54) is 11.3 Å². The number of thiophene rings is 1. The van der Waals surface area contributed by atoms with Gasteiger partial charge in [-0.05, 0) is 24.9 Å². The van der Waals surface area contributed by atoms with Gasteiger partial charge in [0.25, 0.3) is 0 Å². The van der Waals surface area contributed by atoms with E-state index in [2.05, 4.69) is 5.32 Å². The number of nitrogens with one attached hydrogen (secondary N) is 1. The highest BCUT2D eigenvalue weighted by Gasteiger charge is 2.29. The van der Waals surface area contributed by atoms with Crippen molar-refractivity contribution in [2.75, 3.05) is 26.0 Å². The molecule has 2 atom stereocenters. The van der Waals surface area contributed by atoms with E-state index in [4.69, 9.17) is 4.74 Å². The third-order valence-corrected chi connectivity index (χ3v) is 6.36. The second kappa shape index (κ2) is 5.48. The Balaban J connectivity index is 2.08. The zero-order valence-corrected chi connectivity index (χ0v) is 11.4. The van der Waals surface area contributed by atoms with Gasteiger partial charge in [-0.2, -0.15) is 0 Å². The van der Waals surface area contributed by atoms with Crippen LogP contribution in [0.3, 0.4) is 0 Å². The maximum atomic E-state index is 12.1. The molecule has 1 aliphatic rings. The number of ether oxygens (including phenoxy) is 1. The lowest BCUT2D eigenvalue weighted by molar-refractivity contribution is 0.179. The quantitative estimate of drug-likeness (QED) is 0.876. The first-order chi connectivity index (χ1) is 8.13. The lowest BCUT2D eigenvalue weighted by Gasteiger charge is -2.21. The van der Waals surface area contributed by atoms with Crippen LogP contribution in [0.5, 0.6) is 0 Å². The normalized spacial score (nSPS) is 22.8. The van der Waals surface area contributed by atoms with Gasteiger partial charge in [-0.25, -0.2) is 8.42 Å². The first-order valence-corrected chi connectivity index (χ1v) is 8.18. The van der Waals surface area contributed by atoms with Crippen LogP contribution >= 0.6 is 11.3 Å². The molecule has 1 N–H and O–H groups in total. The van der Waals surface area contributed by atoms with Crippen LogP contribution < -0.4 is 5.32 Å². The van der Waals surface area contributed by atoms with Crippen LogP contribution in [0.4, 0.5) is 0 Å². The van der Waals surface area contributed by atoms with Crippen LogP contribution in [0.2, 0.25) is 0 Å². The van der Waals surface area contributed by atoms with E-state index >= 15 is 0 Å². The third-order valence-electron chi connectivity index (χ3n) is 3.11. The van der Waals surface area contributed by atoms with Gasteiger partial charge in [0, 0.05) is 18.6 Å². The van der Waals surface area contributed by atoms with Crippen LogP contribution in [0.15, 0.2) is 21.7 Å². The fourth-order valence-electron chi connectivity index (χ4n) is 2.08. The Kier molecular flexibility index (Phi) is 4.19. The lowest BCUT2D eigenvalue weighted by atomic mass is 10.0. The summed E-state index contributed by atoms with van der Waals surface area (Å²) in [5.41, 5.74) is 0. The molecule has 0 amide bonds. The smallest absolute Gasteiger partial charge is 0.189 e. The molecule has 0 saturated carbocycles. The molecule has 4 nitrogen and oxygen atoms in total. The molecule has 6 heteroatoms. The predicted octanol–water partition coefficient (Wildman–Crippen LogP) is 1.15. The van der Waals surface area contributed by atoms with Gasteiger partial charge in [0.1, 0.15) is 4.21 Å². The molecule has 1 fully saturated rings. The molecule has 1 aliphatic heterocycles. The maximum absolute atomic E-state index is 12.1. The topological polar surface area (TPSA) is 55.4 Å². The Morgan fingerprint density at radius 3 is 3.00 bits per heavy atom. The summed E-state index contributed by atoms with van der Waals surface area (Å²) in [7, 11) is -1.35. The van der Waals surface area contributed by atoms with Crippen molar-refractivity contribution in [1.82, 2.24) is 5.32 Å². The Labute approximate surface area is 106 Å². The Bertz CT molecular complexity index is 435. The van der Waals surface area contributed by atoms with E-state index in [1.54, 1.807) is 17.5 Å². The average molecular weight is 275 g/mol. The van der Waals surface area contributed by atoms with Gasteiger partial charge < -0.3 is 10.1 Å². The average Bonchev–Trinajstić information content (AvgIpc) is 2.97. The van der Waals surface area contributed by atoms with Crippen molar-refractivity contribution in [2.24, 2.45) is 5.92 Å². The highest BCUT2D eigenvalue weighted by Crippen LogP contribution is 2.23. The predicted molar refractivity (Wildman–Crippen MR) is 68.1 cm³/mol. The van der Waals surface area contributed by atoms with Crippen molar-refractivity contribution in [1.29, 1.82) is 0 Å². The highest BCUT2D eigenvalue weighted by atomic mass is 32.2. The minimum Gasteiger partial charge on any atom is -0.381 e. The molecule has 2 heterocycles. The van der Waals surface area contributed by atoms with Gasteiger partial charge in [-0.3, -0.25) is 0 Å². The fraction of sp³-hybridized carbons (Fsp3) is 0.636. The van der Waals surface area contributed by atoms with E-state index in [1.807, 2.05) is 7.05 Å². The first kappa shape index (κ1) is 13.0. The molecule has 96 valence electrons. The second-order valence-corrected chi connectivity index (χ2v) is 7.44. The largest absolute Gasteiger partial charge is 0.381 e. The summed E-state index contributed by atoms with van der Waals surface area (Å²) in [4.78, 5) is 0. The standard InChI is InChI=1S/C11H17NO3S2/c1-12-10(9-4-5-15-7-9)8-17(13,14)11-3-2-6-16-11/h2-3,6,9-10,12H,4-5,7-8H2,1H3. The molecule has 0 aromatic carbocycles. The van der Waals surface area contributed by atoms with Crippen molar-refractivity contribution in [3.8, 4) is 0 Å². The highest BCUT2D eigenvalue weighted by molar-refractivity contribution is 7.93. The van der Waals surface area contributed by atoms with E-state index in [-0.39, 0.29) is 11.8 Å². The number of hydrogen-bond donors (Lipinski definition) is 1. The Morgan fingerprint density at radius 2 is 2.47 bits per heavy atom. The van der Waals surface area contributed by atoms with Crippen molar-refractivity contribution in [3.63, 3.8) is 0 Å². The first-order valence-electron chi connectivity index (χ1n) is 5.65. The fourth-order valence-corrected chi connectivity index (χ4v) is 4.85. The zero-order valence-electron chi connectivity index (χ0n) is 9.76. The van der Waals surface area contributed by atoms with E-state index in [0.717, 1.165) is 13.0 Å². The van der Waals surface area contributed by atoms with Gasteiger partial charge in [-0.15, -0.1) is 11.3 Å². The van der Waals surface area contributed by atoms with Crippen molar-refractivity contribution in [3.05, 3.63) is 17.5 Å². The third kappa shape index (κ3) is 3.07. The van der Waals surface area contributed by atoms with Crippen molar-refractivity contribution in [2.45, 2.75) is 16.7 Å². The SMILES string of the molecule is CNC(CS(=O)(=O)c1cccs1)C1CCOC1. The minimum atomic E-state index is -3.17. The Morgan fingerprint density at radius 1 is 1.65 bits per heavy atom. The number of hydrogen-bond acceptors (Lipinski definition) is 5. The van der Waals surface area contributed by atoms with Gasteiger partial charge in [0.2, 0.25) is 0 Å². The maximum Gasteiger partial charge on any atom is 0.189 e. The molecule has 0 aliphatic carbocycles. The number of sulfone groups is 1. The van der Waals surface area contributed by atoms with Crippen molar-refractivity contribution < 1.29 is 13.2 Å². The van der Waals surface area contributed by atoms with E-state index in [9.17, 15) is 8.42 Å². The molecule has 0 spiro atoms.